The van der Waals surface area contributed by atoms with Crippen molar-refractivity contribution in [2.24, 2.45) is 5.92 Å². The molecule has 0 spiro atoms. The topological polar surface area (TPSA) is 55.8 Å². The summed E-state index contributed by atoms with van der Waals surface area (Å²) in [5, 5.41) is 8.60. The highest BCUT2D eigenvalue weighted by atomic mass is 16.6. The van der Waals surface area contributed by atoms with Gasteiger partial charge in [-0.25, -0.2) is 0 Å². The molecule has 0 aliphatic heterocycles. The fraction of sp³-hybridized carbons (Fsp3) is 0.667. The van der Waals surface area contributed by atoms with Gasteiger partial charge in [0.1, 0.15) is 6.61 Å². The van der Waals surface area contributed by atoms with E-state index in [2.05, 4.69) is 6.58 Å². The van der Waals surface area contributed by atoms with Crippen LogP contribution >= 0.6 is 0 Å². The minimum Gasteiger partial charge on any atom is -0.463 e. The Labute approximate surface area is 78.2 Å². The van der Waals surface area contributed by atoms with Crippen LogP contribution in [0.2, 0.25) is 0 Å². The number of hydrogen-bond acceptors (Lipinski definition) is 4. The Morgan fingerprint density at radius 2 is 2.31 bits per heavy atom. The van der Waals surface area contributed by atoms with E-state index in [9.17, 15) is 4.79 Å². The molecule has 0 aliphatic rings. The lowest BCUT2D eigenvalue weighted by Crippen LogP contribution is -2.20. The van der Waals surface area contributed by atoms with E-state index < -0.39 is 11.9 Å². The monoisotopic (exact) mass is 188 g/mol. The van der Waals surface area contributed by atoms with Crippen LogP contribution in [0.15, 0.2) is 12.7 Å². The Balaban J connectivity index is 3.31. The van der Waals surface area contributed by atoms with Crippen molar-refractivity contribution in [2.45, 2.75) is 6.92 Å². The molecule has 0 saturated heterocycles. The molecule has 1 N–H and O–H groups in total. The summed E-state index contributed by atoms with van der Waals surface area (Å²) in [6, 6.07) is 0. The molecule has 0 heterocycles. The molecular formula is C9H16O4. The number of ether oxygens (including phenoxy) is 2. The van der Waals surface area contributed by atoms with Gasteiger partial charge in [0.2, 0.25) is 0 Å². The molecule has 13 heavy (non-hydrogen) atoms. The quantitative estimate of drug-likeness (QED) is 0.356. The van der Waals surface area contributed by atoms with Gasteiger partial charge in [0.05, 0.1) is 25.7 Å². The lowest BCUT2D eigenvalue weighted by molar-refractivity contribution is -0.150. The molecule has 0 rings (SSSR count). The SMILES string of the molecule is C=CCOCCOC(=O)C(C)CO. The van der Waals surface area contributed by atoms with Crippen LogP contribution in [-0.4, -0.2) is 37.5 Å². The fourth-order valence-corrected chi connectivity index (χ4v) is 0.585. The second-order valence-corrected chi connectivity index (χ2v) is 2.61. The van der Waals surface area contributed by atoms with E-state index in [1.165, 1.54) is 0 Å². The minimum atomic E-state index is -0.459. The van der Waals surface area contributed by atoms with Crippen molar-refractivity contribution in [2.75, 3.05) is 26.4 Å². The standard InChI is InChI=1S/C9H16O4/c1-3-4-12-5-6-13-9(11)8(2)7-10/h3,8,10H,1,4-7H2,2H3. The van der Waals surface area contributed by atoms with Crippen LogP contribution < -0.4 is 0 Å². The van der Waals surface area contributed by atoms with Gasteiger partial charge in [-0.2, -0.15) is 0 Å². The molecule has 0 amide bonds. The summed E-state index contributed by atoms with van der Waals surface area (Å²) in [6.07, 6.45) is 1.62. The lowest BCUT2D eigenvalue weighted by atomic mass is 10.2. The summed E-state index contributed by atoms with van der Waals surface area (Å²) in [5.74, 6) is -0.857. The summed E-state index contributed by atoms with van der Waals surface area (Å²) in [6.45, 7) is 5.91. The number of rotatable bonds is 7. The van der Waals surface area contributed by atoms with E-state index in [1.54, 1.807) is 13.0 Å². The first kappa shape index (κ1) is 12.1. The van der Waals surface area contributed by atoms with Crippen molar-refractivity contribution in [1.82, 2.24) is 0 Å². The average Bonchev–Trinajstić information content (AvgIpc) is 2.16. The number of aliphatic hydroxyl groups excluding tert-OH is 1. The predicted octanol–water partition coefficient (Wildman–Crippen LogP) is 0.361. The normalized spacial score (nSPS) is 12.2. The molecule has 4 heteroatoms. The first-order valence-corrected chi connectivity index (χ1v) is 4.18. The average molecular weight is 188 g/mol. The van der Waals surface area contributed by atoms with E-state index >= 15 is 0 Å². The van der Waals surface area contributed by atoms with Crippen LogP contribution in [0.4, 0.5) is 0 Å². The summed E-state index contributed by atoms with van der Waals surface area (Å²) in [4.78, 5) is 10.9. The van der Waals surface area contributed by atoms with Gasteiger partial charge in [-0.1, -0.05) is 6.08 Å². The van der Waals surface area contributed by atoms with Crippen molar-refractivity contribution in [3.8, 4) is 0 Å². The number of aliphatic hydroxyl groups is 1. The molecule has 0 fully saturated rings. The van der Waals surface area contributed by atoms with Crippen molar-refractivity contribution < 1.29 is 19.4 Å². The smallest absolute Gasteiger partial charge is 0.311 e. The molecule has 0 bridgehead atoms. The molecule has 0 saturated carbocycles. The van der Waals surface area contributed by atoms with Gasteiger partial charge in [-0.3, -0.25) is 4.79 Å². The third-order valence-electron chi connectivity index (χ3n) is 1.38. The van der Waals surface area contributed by atoms with Gasteiger partial charge in [-0.15, -0.1) is 6.58 Å². The predicted molar refractivity (Wildman–Crippen MR) is 48.2 cm³/mol. The van der Waals surface area contributed by atoms with Crippen molar-refractivity contribution in [1.29, 1.82) is 0 Å². The van der Waals surface area contributed by atoms with E-state index in [-0.39, 0.29) is 13.2 Å². The molecule has 0 aromatic heterocycles. The largest absolute Gasteiger partial charge is 0.463 e. The number of hydrogen-bond donors (Lipinski definition) is 1. The van der Waals surface area contributed by atoms with Gasteiger partial charge in [-0.05, 0) is 6.92 Å². The van der Waals surface area contributed by atoms with E-state index in [1.807, 2.05) is 0 Å². The maximum Gasteiger partial charge on any atom is 0.311 e. The van der Waals surface area contributed by atoms with E-state index in [0.29, 0.717) is 13.2 Å². The van der Waals surface area contributed by atoms with Crippen LogP contribution in [0.25, 0.3) is 0 Å². The van der Waals surface area contributed by atoms with Crippen molar-refractivity contribution in [3.63, 3.8) is 0 Å². The minimum absolute atomic E-state index is 0.188. The van der Waals surface area contributed by atoms with Gasteiger partial charge in [0, 0.05) is 0 Å². The molecule has 4 nitrogen and oxygen atoms in total. The first-order chi connectivity index (χ1) is 6.22. The van der Waals surface area contributed by atoms with Crippen LogP contribution in [-0.2, 0) is 14.3 Å². The molecule has 1 atom stereocenters. The van der Waals surface area contributed by atoms with Crippen molar-refractivity contribution in [3.05, 3.63) is 12.7 Å². The Bertz CT molecular complexity index is 156. The molecule has 76 valence electrons. The van der Waals surface area contributed by atoms with Gasteiger partial charge in [0.15, 0.2) is 0 Å². The molecule has 0 aromatic rings. The molecular weight excluding hydrogens is 172 g/mol. The van der Waals surface area contributed by atoms with Gasteiger partial charge < -0.3 is 14.6 Å². The Hall–Kier alpha value is -0.870. The Morgan fingerprint density at radius 1 is 1.62 bits per heavy atom. The Morgan fingerprint density at radius 3 is 2.85 bits per heavy atom. The van der Waals surface area contributed by atoms with Crippen LogP contribution in [0, 0.1) is 5.92 Å². The fourth-order valence-electron chi connectivity index (χ4n) is 0.585. The number of esters is 1. The van der Waals surface area contributed by atoms with E-state index in [4.69, 9.17) is 14.6 Å². The third-order valence-corrected chi connectivity index (χ3v) is 1.38. The second-order valence-electron chi connectivity index (χ2n) is 2.61. The molecule has 0 radical (unpaired) electrons. The molecule has 0 aromatic carbocycles. The second kappa shape index (κ2) is 7.76. The highest BCUT2D eigenvalue weighted by Crippen LogP contribution is 1.96. The lowest BCUT2D eigenvalue weighted by Gasteiger charge is -2.08. The summed E-state index contributed by atoms with van der Waals surface area (Å²) < 4.78 is 9.77. The van der Waals surface area contributed by atoms with E-state index in [0.717, 1.165) is 0 Å². The van der Waals surface area contributed by atoms with Crippen LogP contribution in [0.3, 0.4) is 0 Å². The Kier molecular flexibility index (Phi) is 7.24. The zero-order chi connectivity index (χ0) is 10.1. The summed E-state index contributed by atoms with van der Waals surface area (Å²) in [5.41, 5.74) is 0. The van der Waals surface area contributed by atoms with Gasteiger partial charge >= 0.3 is 5.97 Å². The molecule has 0 aliphatic carbocycles. The summed E-state index contributed by atoms with van der Waals surface area (Å²) >= 11 is 0. The third kappa shape index (κ3) is 6.31. The number of carbonyl (C=O) groups excluding carboxylic acids is 1. The first-order valence-electron chi connectivity index (χ1n) is 4.18. The van der Waals surface area contributed by atoms with Crippen LogP contribution in [0.1, 0.15) is 6.92 Å². The zero-order valence-corrected chi connectivity index (χ0v) is 7.86. The summed E-state index contributed by atoms with van der Waals surface area (Å²) in [7, 11) is 0. The van der Waals surface area contributed by atoms with Crippen LogP contribution in [0.5, 0.6) is 0 Å². The molecule has 1 unspecified atom stereocenters. The number of carbonyl (C=O) groups is 1. The zero-order valence-electron chi connectivity index (χ0n) is 7.86. The highest BCUT2D eigenvalue weighted by molar-refractivity contribution is 5.72. The highest BCUT2D eigenvalue weighted by Gasteiger charge is 2.11. The van der Waals surface area contributed by atoms with Gasteiger partial charge in [0.25, 0.3) is 0 Å². The van der Waals surface area contributed by atoms with Crippen molar-refractivity contribution >= 4 is 5.97 Å². The maximum atomic E-state index is 10.9. The maximum absolute atomic E-state index is 10.9.